The molecule has 1 fully saturated rings. The van der Waals surface area contributed by atoms with E-state index < -0.39 is 0 Å². The summed E-state index contributed by atoms with van der Waals surface area (Å²) in [5.41, 5.74) is 0.972. The molecule has 1 aliphatic heterocycles. The Labute approximate surface area is 147 Å². The minimum Gasteiger partial charge on any atom is -0.494 e. The average Bonchev–Trinajstić information content (AvgIpc) is 2.85. The first-order chi connectivity index (χ1) is 11.2. The summed E-state index contributed by atoms with van der Waals surface area (Å²) >= 11 is 6.27. The zero-order valence-corrected chi connectivity index (χ0v) is 15.1. The van der Waals surface area contributed by atoms with Gasteiger partial charge in [0.2, 0.25) is 0 Å². The first kappa shape index (κ1) is 18.0. The minimum atomic E-state index is -0.122. The van der Waals surface area contributed by atoms with Crippen molar-refractivity contribution in [3.05, 3.63) is 34.7 Å². The van der Waals surface area contributed by atoms with Crippen LogP contribution in [0.2, 0.25) is 0 Å². The molecular formula is C18H23NO2S2. The largest absolute Gasteiger partial charge is 0.494 e. The standard InChI is InChI=1S/C18H23NO2S2/c1-2-3-4-5-6-7-12-21-15-10-8-14(9-11-15)13-16-17(20)19-18(22)23-16/h8-11,13H,2-7,12H2,1H3,(H,19,20,22)/b16-13-. The number of rotatable bonds is 9. The molecule has 1 aromatic rings. The molecule has 3 nitrogen and oxygen atoms in total. The first-order valence-electron chi connectivity index (χ1n) is 8.17. The van der Waals surface area contributed by atoms with Crippen molar-refractivity contribution in [1.29, 1.82) is 0 Å². The summed E-state index contributed by atoms with van der Waals surface area (Å²) in [6.45, 7) is 2.99. The first-order valence-corrected chi connectivity index (χ1v) is 9.39. The van der Waals surface area contributed by atoms with Crippen LogP contribution in [0.15, 0.2) is 29.2 Å². The summed E-state index contributed by atoms with van der Waals surface area (Å²) in [6, 6.07) is 7.80. The summed E-state index contributed by atoms with van der Waals surface area (Å²) in [5.74, 6) is 0.753. The maximum atomic E-state index is 11.6. The quantitative estimate of drug-likeness (QED) is 0.390. The monoisotopic (exact) mass is 349 g/mol. The normalized spacial score (nSPS) is 16.0. The minimum absolute atomic E-state index is 0.122. The molecule has 1 heterocycles. The molecule has 5 heteroatoms. The van der Waals surface area contributed by atoms with E-state index in [1.54, 1.807) is 0 Å². The van der Waals surface area contributed by atoms with Crippen LogP contribution in [-0.2, 0) is 4.79 Å². The van der Waals surface area contributed by atoms with E-state index in [0.717, 1.165) is 24.3 Å². The smallest absolute Gasteiger partial charge is 0.263 e. The van der Waals surface area contributed by atoms with Gasteiger partial charge < -0.3 is 10.1 Å². The van der Waals surface area contributed by atoms with E-state index in [2.05, 4.69) is 12.2 Å². The Morgan fingerprint density at radius 3 is 2.48 bits per heavy atom. The molecule has 0 aromatic heterocycles. The molecule has 1 aliphatic rings. The highest BCUT2D eigenvalue weighted by Crippen LogP contribution is 2.26. The van der Waals surface area contributed by atoms with Gasteiger partial charge in [-0.2, -0.15) is 0 Å². The van der Waals surface area contributed by atoms with Crippen molar-refractivity contribution in [2.75, 3.05) is 6.61 Å². The van der Waals surface area contributed by atoms with E-state index in [-0.39, 0.29) is 5.91 Å². The molecule has 1 saturated heterocycles. The number of hydrogen-bond donors (Lipinski definition) is 1. The fourth-order valence-electron chi connectivity index (χ4n) is 2.31. The molecule has 0 spiro atoms. The van der Waals surface area contributed by atoms with Crippen LogP contribution in [0.4, 0.5) is 0 Å². The van der Waals surface area contributed by atoms with Crippen molar-refractivity contribution >= 4 is 40.3 Å². The topological polar surface area (TPSA) is 38.3 Å². The lowest BCUT2D eigenvalue weighted by molar-refractivity contribution is -0.115. The van der Waals surface area contributed by atoms with Gasteiger partial charge in [0.25, 0.3) is 5.91 Å². The molecule has 0 saturated carbocycles. The van der Waals surface area contributed by atoms with Crippen molar-refractivity contribution < 1.29 is 9.53 Å². The van der Waals surface area contributed by atoms with Gasteiger partial charge in [-0.1, -0.05) is 75.1 Å². The number of benzene rings is 1. The lowest BCUT2D eigenvalue weighted by Gasteiger charge is -2.06. The third-order valence-electron chi connectivity index (χ3n) is 3.59. The molecule has 0 bridgehead atoms. The molecule has 124 valence electrons. The Morgan fingerprint density at radius 2 is 1.83 bits per heavy atom. The van der Waals surface area contributed by atoms with E-state index in [9.17, 15) is 4.79 Å². The Kier molecular flexibility index (Phi) is 7.62. The molecule has 0 radical (unpaired) electrons. The number of carbonyl (C=O) groups excluding carboxylic acids is 1. The Morgan fingerprint density at radius 1 is 1.13 bits per heavy atom. The molecule has 1 N–H and O–H groups in total. The van der Waals surface area contributed by atoms with E-state index in [4.69, 9.17) is 17.0 Å². The Bertz CT molecular complexity index is 567. The van der Waals surface area contributed by atoms with Crippen LogP contribution >= 0.6 is 24.0 Å². The van der Waals surface area contributed by atoms with E-state index in [1.165, 1.54) is 43.9 Å². The van der Waals surface area contributed by atoms with Crippen LogP contribution in [0.1, 0.15) is 51.0 Å². The predicted octanol–water partition coefficient (Wildman–Crippen LogP) is 4.91. The van der Waals surface area contributed by atoms with Crippen molar-refractivity contribution in [2.45, 2.75) is 45.4 Å². The van der Waals surface area contributed by atoms with E-state index in [0.29, 0.717) is 9.23 Å². The van der Waals surface area contributed by atoms with Gasteiger partial charge in [-0.05, 0) is 30.2 Å². The van der Waals surface area contributed by atoms with Crippen LogP contribution in [-0.4, -0.2) is 16.8 Å². The Balaban J connectivity index is 1.73. The lowest BCUT2D eigenvalue weighted by Crippen LogP contribution is -2.17. The van der Waals surface area contributed by atoms with Gasteiger partial charge in [-0.25, -0.2) is 0 Å². The number of nitrogens with one attached hydrogen (secondary N) is 1. The number of carbonyl (C=O) groups is 1. The number of amides is 1. The second-order valence-corrected chi connectivity index (χ2v) is 7.26. The van der Waals surface area contributed by atoms with Gasteiger partial charge in [0, 0.05) is 0 Å². The van der Waals surface area contributed by atoms with Gasteiger partial charge in [0.1, 0.15) is 10.1 Å². The summed E-state index contributed by atoms with van der Waals surface area (Å²) in [4.78, 5) is 12.2. The maximum absolute atomic E-state index is 11.6. The maximum Gasteiger partial charge on any atom is 0.263 e. The van der Waals surface area contributed by atoms with Crippen LogP contribution < -0.4 is 10.1 Å². The van der Waals surface area contributed by atoms with Gasteiger partial charge in [0.15, 0.2) is 0 Å². The van der Waals surface area contributed by atoms with Crippen molar-refractivity contribution in [1.82, 2.24) is 5.32 Å². The molecule has 1 amide bonds. The van der Waals surface area contributed by atoms with Crippen LogP contribution in [0.5, 0.6) is 5.75 Å². The zero-order valence-electron chi connectivity index (χ0n) is 13.5. The van der Waals surface area contributed by atoms with E-state index in [1.807, 2.05) is 30.3 Å². The third kappa shape index (κ3) is 6.36. The summed E-state index contributed by atoms with van der Waals surface area (Å²) in [7, 11) is 0. The molecule has 2 rings (SSSR count). The molecule has 1 aromatic carbocycles. The average molecular weight is 350 g/mol. The van der Waals surface area contributed by atoms with Gasteiger partial charge in [0.05, 0.1) is 11.5 Å². The van der Waals surface area contributed by atoms with Crippen molar-refractivity contribution in [2.24, 2.45) is 0 Å². The second kappa shape index (κ2) is 9.73. The van der Waals surface area contributed by atoms with Gasteiger partial charge in [-0.3, -0.25) is 4.79 Å². The molecular weight excluding hydrogens is 326 g/mol. The summed E-state index contributed by atoms with van der Waals surface area (Å²) < 4.78 is 6.26. The lowest BCUT2D eigenvalue weighted by atomic mass is 10.1. The van der Waals surface area contributed by atoms with Crippen LogP contribution in [0, 0.1) is 0 Å². The number of ether oxygens (including phenoxy) is 1. The predicted molar refractivity (Wildman–Crippen MR) is 102 cm³/mol. The fraction of sp³-hybridized carbons (Fsp3) is 0.444. The van der Waals surface area contributed by atoms with Crippen LogP contribution in [0.3, 0.4) is 0 Å². The van der Waals surface area contributed by atoms with E-state index >= 15 is 0 Å². The highest BCUT2D eigenvalue weighted by atomic mass is 32.2. The fourth-order valence-corrected chi connectivity index (χ4v) is 3.35. The van der Waals surface area contributed by atoms with Gasteiger partial charge in [-0.15, -0.1) is 0 Å². The SMILES string of the molecule is CCCCCCCCOc1ccc(/C=C2\SC(=S)NC2=O)cc1. The third-order valence-corrected chi connectivity index (χ3v) is 4.75. The van der Waals surface area contributed by atoms with Crippen LogP contribution in [0.25, 0.3) is 6.08 Å². The summed E-state index contributed by atoms with van der Waals surface area (Å²) in [5, 5.41) is 2.61. The molecule has 23 heavy (non-hydrogen) atoms. The second-order valence-electron chi connectivity index (χ2n) is 5.54. The molecule has 0 atom stereocenters. The number of hydrogen-bond acceptors (Lipinski definition) is 4. The highest BCUT2D eigenvalue weighted by molar-refractivity contribution is 8.26. The van der Waals surface area contributed by atoms with Crippen molar-refractivity contribution in [3.8, 4) is 5.75 Å². The number of unbranched alkanes of at least 4 members (excludes halogenated alkanes) is 5. The number of thioether (sulfide) groups is 1. The highest BCUT2D eigenvalue weighted by Gasteiger charge is 2.21. The summed E-state index contributed by atoms with van der Waals surface area (Å²) in [6.07, 6.45) is 9.42. The molecule has 0 aliphatic carbocycles. The number of thiocarbonyl (C=S) groups is 1. The zero-order chi connectivity index (χ0) is 16.5. The Hall–Kier alpha value is -1.33. The molecule has 0 unspecified atom stereocenters. The van der Waals surface area contributed by atoms with Crippen molar-refractivity contribution in [3.63, 3.8) is 0 Å². The van der Waals surface area contributed by atoms with Gasteiger partial charge >= 0.3 is 0 Å².